The third-order valence-electron chi connectivity index (χ3n) is 4.99. The van der Waals surface area contributed by atoms with E-state index in [0.717, 1.165) is 5.56 Å². The highest BCUT2D eigenvalue weighted by Crippen LogP contribution is 2.33. The van der Waals surface area contributed by atoms with Crippen LogP contribution in [0.25, 0.3) is 0 Å². The number of halogens is 3. The molecule has 4 rings (SSSR count). The Hall–Kier alpha value is -3.48. The molecular formula is C23H19F3N2O2. The number of rotatable bonds is 5. The van der Waals surface area contributed by atoms with Gasteiger partial charge in [0.2, 0.25) is 0 Å². The van der Waals surface area contributed by atoms with E-state index in [0.29, 0.717) is 22.5 Å². The lowest BCUT2D eigenvalue weighted by atomic mass is 10.1. The highest BCUT2D eigenvalue weighted by Gasteiger charge is 2.26. The van der Waals surface area contributed by atoms with Gasteiger partial charge in [-0.15, -0.1) is 0 Å². The van der Waals surface area contributed by atoms with Gasteiger partial charge < -0.3 is 10.1 Å². The van der Waals surface area contributed by atoms with E-state index >= 15 is 0 Å². The van der Waals surface area contributed by atoms with E-state index < -0.39 is 24.3 Å². The van der Waals surface area contributed by atoms with Crippen molar-refractivity contribution in [3.8, 4) is 5.75 Å². The maximum Gasteiger partial charge on any atom is 0.326 e. The van der Waals surface area contributed by atoms with Gasteiger partial charge in [-0.3, -0.25) is 4.90 Å². The summed E-state index contributed by atoms with van der Waals surface area (Å²) < 4.78 is 47.3. The number of fused-ring (bicyclic) bond motifs is 1. The van der Waals surface area contributed by atoms with Crippen molar-refractivity contribution in [3.05, 3.63) is 88.5 Å². The highest BCUT2D eigenvalue weighted by molar-refractivity contribution is 6.04. The summed E-state index contributed by atoms with van der Waals surface area (Å²) in [6.07, 6.45) is 0. The predicted molar refractivity (Wildman–Crippen MR) is 108 cm³/mol. The molecule has 0 atom stereocenters. The predicted octanol–water partition coefficient (Wildman–Crippen LogP) is 5.87. The standard InChI is InChI=1S/C23H19F3N2O2/c1-14-8-19(25)18(20(26)9-14)13-30-17-7-6-15(11-24)22(10-17)28-12-16-4-2-3-5-21(16)27-23(28)29/h2-10H,11-13H2,1H3,(H,27,29). The number of anilines is 2. The molecule has 4 nitrogen and oxygen atoms in total. The average molecular weight is 412 g/mol. The van der Waals surface area contributed by atoms with Gasteiger partial charge in [0.15, 0.2) is 0 Å². The third kappa shape index (κ3) is 3.83. The zero-order valence-electron chi connectivity index (χ0n) is 16.2. The number of aryl methyl sites for hydroxylation is 1. The Balaban J connectivity index is 1.61. The van der Waals surface area contributed by atoms with Crippen LogP contribution in [0.3, 0.4) is 0 Å². The SMILES string of the molecule is Cc1cc(F)c(COc2ccc(CF)c(N3Cc4ccccc4NC3=O)c2)c(F)c1. The Morgan fingerprint density at radius 3 is 2.53 bits per heavy atom. The molecule has 7 heteroatoms. The minimum Gasteiger partial charge on any atom is -0.489 e. The molecule has 0 aromatic heterocycles. The van der Waals surface area contributed by atoms with Crippen molar-refractivity contribution in [1.82, 2.24) is 0 Å². The molecule has 0 aliphatic carbocycles. The first-order chi connectivity index (χ1) is 14.5. The second kappa shape index (κ2) is 8.10. The molecule has 2 amide bonds. The van der Waals surface area contributed by atoms with Crippen LogP contribution in [0.1, 0.15) is 22.3 Å². The summed E-state index contributed by atoms with van der Waals surface area (Å²) in [6, 6.07) is 13.9. The number of para-hydroxylation sites is 1. The topological polar surface area (TPSA) is 41.6 Å². The van der Waals surface area contributed by atoms with Gasteiger partial charge in [0.05, 0.1) is 17.8 Å². The molecule has 154 valence electrons. The molecule has 0 unspecified atom stereocenters. The van der Waals surface area contributed by atoms with E-state index in [1.54, 1.807) is 13.0 Å². The van der Waals surface area contributed by atoms with Crippen LogP contribution in [0.15, 0.2) is 54.6 Å². The Morgan fingerprint density at radius 1 is 1.07 bits per heavy atom. The summed E-state index contributed by atoms with van der Waals surface area (Å²) in [5, 5.41) is 2.78. The molecule has 0 bridgehead atoms. The molecule has 30 heavy (non-hydrogen) atoms. The van der Waals surface area contributed by atoms with E-state index in [4.69, 9.17) is 4.74 Å². The highest BCUT2D eigenvalue weighted by atomic mass is 19.1. The van der Waals surface area contributed by atoms with Crippen LogP contribution >= 0.6 is 0 Å². The number of hydrogen-bond donors (Lipinski definition) is 1. The van der Waals surface area contributed by atoms with E-state index in [1.807, 2.05) is 18.2 Å². The zero-order chi connectivity index (χ0) is 21.3. The minimum atomic E-state index is -0.776. The number of alkyl halides is 1. The van der Waals surface area contributed by atoms with Gasteiger partial charge in [0, 0.05) is 17.3 Å². The van der Waals surface area contributed by atoms with Crippen LogP contribution in [0.2, 0.25) is 0 Å². The molecule has 3 aromatic carbocycles. The molecule has 0 spiro atoms. The molecule has 1 heterocycles. The molecule has 3 aromatic rings. The van der Waals surface area contributed by atoms with E-state index in [1.165, 1.54) is 35.2 Å². The quantitative estimate of drug-likeness (QED) is 0.569. The number of carbonyl (C=O) groups excluding carboxylic acids is 1. The summed E-state index contributed by atoms with van der Waals surface area (Å²) in [7, 11) is 0. The molecule has 0 radical (unpaired) electrons. The average Bonchev–Trinajstić information content (AvgIpc) is 2.72. The monoisotopic (exact) mass is 412 g/mol. The van der Waals surface area contributed by atoms with Gasteiger partial charge in [-0.25, -0.2) is 18.0 Å². The Morgan fingerprint density at radius 2 is 1.80 bits per heavy atom. The first-order valence-electron chi connectivity index (χ1n) is 9.39. The fraction of sp³-hybridized carbons (Fsp3) is 0.174. The minimum absolute atomic E-state index is 0.193. The second-order valence-corrected chi connectivity index (χ2v) is 7.09. The van der Waals surface area contributed by atoms with Gasteiger partial charge in [-0.05, 0) is 42.3 Å². The maximum absolute atomic E-state index is 14.1. The Labute approximate surface area is 171 Å². The van der Waals surface area contributed by atoms with Crippen LogP contribution in [0.5, 0.6) is 5.75 Å². The third-order valence-corrected chi connectivity index (χ3v) is 4.99. The fourth-order valence-corrected chi connectivity index (χ4v) is 3.42. The second-order valence-electron chi connectivity index (χ2n) is 7.09. The van der Waals surface area contributed by atoms with Gasteiger partial charge >= 0.3 is 6.03 Å². The molecule has 1 aliphatic heterocycles. The summed E-state index contributed by atoms with van der Waals surface area (Å²) in [5.74, 6) is -1.12. The first kappa shape index (κ1) is 19.8. The van der Waals surface area contributed by atoms with Crippen LogP contribution in [0.4, 0.5) is 29.3 Å². The lowest BCUT2D eigenvalue weighted by Crippen LogP contribution is -2.39. The van der Waals surface area contributed by atoms with Crippen LogP contribution in [-0.4, -0.2) is 6.03 Å². The number of carbonyl (C=O) groups is 1. The van der Waals surface area contributed by atoms with Gasteiger partial charge in [0.25, 0.3) is 0 Å². The summed E-state index contributed by atoms with van der Waals surface area (Å²) in [5.41, 5.74) is 2.52. The summed E-state index contributed by atoms with van der Waals surface area (Å²) in [4.78, 5) is 14.0. The molecule has 1 aliphatic rings. The molecule has 0 saturated carbocycles. The number of benzene rings is 3. The largest absolute Gasteiger partial charge is 0.489 e. The smallest absolute Gasteiger partial charge is 0.326 e. The number of urea groups is 1. The first-order valence-corrected chi connectivity index (χ1v) is 9.39. The summed E-state index contributed by atoms with van der Waals surface area (Å²) >= 11 is 0. The van der Waals surface area contributed by atoms with Gasteiger partial charge in [-0.1, -0.05) is 24.3 Å². The number of nitrogens with one attached hydrogen (secondary N) is 1. The molecular weight excluding hydrogens is 393 g/mol. The Bertz CT molecular complexity index is 1090. The van der Waals surface area contributed by atoms with E-state index in [9.17, 15) is 18.0 Å². The van der Waals surface area contributed by atoms with Crippen LogP contribution in [-0.2, 0) is 19.8 Å². The number of nitrogens with zero attached hydrogens (tertiary/aromatic N) is 1. The van der Waals surface area contributed by atoms with Gasteiger partial charge in [-0.2, -0.15) is 0 Å². The molecule has 1 N–H and O–H groups in total. The normalized spacial score (nSPS) is 13.1. The lowest BCUT2D eigenvalue weighted by Gasteiger charge is -2.30. The number of ether oxygens (including phenoxy) is 1. The van der Waals surface area contributed by atoms with Crippen LogP contribution < -0.4 is 15.0 Å². The van der Waals surface area contributed by atoms with E-state index in [2.05, 4.69) is 5.32 Å². The summed E-state index contributed by atoms with van der Waals surface area (Å²) in [6.45, 7) is 0.754. The number of amides is 2. The van der Waals surface area contributed by atoms with Gasteiger partial charge in [0.1, 0.15) is 30.7 Å². The zero-order valence-corrected chi connectivity index (χ0v) is 16.2. The van der Waals surface area contributed by atoms with Crippen molar-refractivity contribution >= 4 is 17.4 Å². The number of hydrogen-bond acceptors (Lipinski definition) is 2. The fourth-order valence-electron chi connectivity index (χ4n) is 3.42. The van der Waals surface area contributed by atoms with Crippen molar-refractivity contribution in [1.29, 1.82) is 0 Å². The maximum atomic E-state index is 14.1. The molecule has 0 saturated heterocycles. The van der Waals surface area contributed by atoms with Crippen molar-refractivity contribution in [2.75, 3.05) is 10.2 Å². The van der Waals surface area contributed by atoms with Crippen LogP contribution in [0, 0.1) is 18.6 Å². The van der Waals surface area contributed by atoms with Crippen molar-refractivity contribution in [2.45, 2.75) is 26.7 Å². The lowest BCUT2D eigenvalue weighted by molar-refractivity contribution is 0.256. The van der Waals surface area contributed by atoms with Crippen molar-refractivity contribution in [3.63, 3.8) is 0 Å². The van der Waals surface area contributed by atoms with Crippen molar-refractivity contribution in [2.24, 2.45) is 0 Å². The van der Waals surface area contributed by atoms with Crippen molar-refractivity contribution < 1.29 is 22.7 Å². The Kier molecular flexibility index (Phi) is 5.35. The van der Waals surface area contributed by atoms with E-state index in [-0.39, 0.29) is 24.5 Å². The molecule has 0 fully saturated rings.